The van der Waals surface area contributed by atoms with E-state index in [4.69, 9.17) is 28.4 Å². The van der Waals surface area contributed by atoms with E-state index in [1.54, 1.807) is 32.4 Å². The second-order valence-electron chi connectivity index (χ2n) is 17.2. The number of anilines is 1. The molecule has 2 fully saturated rings. The zero-order chi connectivity index (χ0) is 41.5. The number of hydrogen-bond acceptors (Lipinski definition) is 13. The van der Waals surface area contributed by atoms with Crippen molar-refractivity contribution >= 4 is 11.7 Å². The van der Waals surface area contributed by atoms with Gasteiger partial charge in [0.25, 0.3) is 5.79 Å². The third-order valence-corrected chi connectivity index (χ3v) is 14.2. The first-order chi connectivity index (χ1) is 29.0. The molecule has 9 atom stereocenters. The minimum absolute atomic E-state index is 0.0278. The molecule has 2 spiro atoms. The predicted molar refractivity (Wildman–Crippen MR) is 215 cm³/mol. The molecular formula is C46H46N2O12. The summed E-state index contributed by atoms with van der Waals surface area (Å²) in [6, 6.07) is 16.7. The zero-order valence-electron chi connectivity index (χ0n) is 33.2. The molecule has 0 amide bonds. The first kappa shape index (κ1) is 37.5. The minimum Gasteiger partial charge on any atom is -0.508 e. The van der Waals surface area contributed by atoms with Crippen LogP contribution in [0.15, 0.2) is 66.7 Å². The fourth-order valence-electron chi connectivity index (χ4n) is 11.5. The summed E-state index contributed by atoms with van der Waals surface area (Å²) in [5.41, 5.74) is 4.58. The van der Waals surface area contributed by atoms with Crippen molar-refractivity contribution in [2.75, 3.05) is 26.6 Å². The third kappa shape index (κ3) is 4.79. The van der Waals surface area contributed by atoms with Crippen LogP contribution in [-0.4, -0.2) is 94.6 Å². The third-order valence-electron chi connectivity index (χ3n) is 14.2. The quantitative estimate of drug-likeness (QED) is 0.138. The maximum absolute atomic E-state index is 12.8. The number of fused-ring (bicyclic) bond motifs is 3. The van der Waals surface area contributed by atoms with Crippen LogP contribution in [0.25, 0.3) is 11.1 Å². The van der Waals surface area contributed by atoms with E-state index in [1.165, 1.54) is 12.2 Å². The average Bonchev–Trinajstić information content (AvgIpc) is 3.91. The van der Waals surface area contributed by atoms with Crippen LogP contribution in [-0.2, 0) is 27.9 Å². The molecule has 2 aliphatic carbocycles. The second kappa shape index (κ2) is 13.0. The van der Waals surface area contributed by atoms with Crippen LogP contribution in [0.3, 0.4) is 0 Å². The molecule has 8 aliphatic rings. The van der Waals surface area contributed by atoms with Gasteiger partial charge in [0.05, 0.1) is 20.1 Å². The number of aromatic hydroxyl groups is 1. The Labute approximate surface area is 345 Å². The van der Waals surface area contributed by atoms with Crippen LogP contribution >= 0.6 is 0 Å². The summed E-state index contributed by atoms with van der Waals surface area (Å²) in [6.45, 7) is 0.511. The summed E-state index contributed by atoms with van der Waals surface area (Å²) in [6.07, 6.45) is -0.0977. The van der Waals surface area contributed by atoms with E-state index in [0.717, 1.165) is 53.5 Å². The van der Waals surface area contributed by atoms with Crippen molar-refractivity contribution in [2.45, 2.75) is 97.9 Å². The normalized spacial score (nSPS) is 31.7. The van der Waals surface area contributed by atoms with Gasteiger partial charge in [0, 0.05) is 23.1 Å². The van der Waals surface area contributed by atoms with Gasteiger partial charge in [0.1, 0.15) is 41.9 Å². The van der Waals surface area contributed by atoms with Crippen LogP contribution in [0, 0.1) is 0 Å². The van der Waals surface area contributed by atoms with Crippen molar-refractivity contribution in [1.29, 1.82) is 0 Å². The fourth-order valence-corrected chi connectivity index (χ4v) is 11.5. The molecule has 14 nitrogen and oxygen atoms in total. The zero-order valence-corrected chi connectivity index (χ0v) is 33.2. The lowest BCUT2D eigenvalue weighted by Crippen LogP contribution is -2.79. The van der Waals surface area contributed by atoms with E-state index < -0.39 is 59.3 Å². The Morgan fingerprint density at radius 2 is 1.77 bits per heavy atom. The Morgan fingerprint density at radius 1 is 0.950 bits per heavy atom. The molecule has 0 unspecified atom stereocenters. The highest BCUT2D eigenvalue weighted by molar-refractivity contribution is 5.87. The smallest absolute Gasteiger partial charge is 0.343 e. The largest absolute Gasteiger partial charge is 0.508 e. The Balaban J connectivity index is 1.23. The van der Waals surface area contributed by atoms with Crippen LogP contribution < -0.4 is 34.3 Å². The Morgan fingerprint density at radius 3 is 2.52 bits per heavy atom. The van der Waals surface area contributed by atoms with Crippen molar-refractivity contribution in [3.8, 4) is 45.6 Å². The second-order valence-corrected chi connectivity index (χ2v) is 17.2. The van der Waals surface area contributed by atoms with E-state index in [1.807, 2.05) is 19.2 Å². The number of carbonyl (C=O) groups is 1. The summed E-state index contributed by atoms with van der Waals surface area (Å²) in [5.74, 6) is -1.95. The summed E-state index contributed by atoms with van der Waals surface area (Å²) < 4.78 is 39.8. The molecule has 312 valence electrons. The molecular weight excluding hydrogens is 773 g/mol. The molecule has 1 saturated carbocycles. The van der Waals surface area contributed by atoms with Crippen molar-refractivity contribution < 1.29 is 58.7 Å². The number of nitrogens with one attached hydrogen (secondary N) is 2. The topological polar surface area (TPSA) is 198 Å². The van der Waals surface area contributed by atoms with Gasteiger partial charge in [-0.15, -0.1) is 0 Å². The molecule has 12 rings (SSSR count). The highest BCUT2D eigenvalue weighted by atomic mass is 16.7. The van der Waals surface area contributed by atoms with E-state index in [9.17, 15) is 30.3 Å². The highest BCUT2D eigenvalue weighted by Crippen LogP contribution is 2.67. The van der Waals surface area contributed by atoms with Crippen LogP contribution in [0.1, 0.15) is 71.1 Å². The Hall–Kier alpha value is -5.51. The van der Waals surface area contributed by atoms with Gasteiger partial charge in [-0.05, 0) is 90.0 Å². The monoisotopic (exact) mass is 818 g/mol. The van der Waals surface area contributed by atoms with E-state index in [-0.39, 0.29) is 17.4 Å². The van der Waals surface area contributed by atoms with Crippen molar-refractivity contribution in [3.63, 3.8) is 0 Å². The molecule has 8 bridgehead atoms. The molecule has 7 N–H and O–H groups in total. The Kier molecular flexibility index (Phi) is 8.12. The summed E-state index contributed by atoms with van der Waals surface area (Å²) in [7, 11) is 5.10. The standard InChI is InChI=1S/C46H46N2O12/c1-47-20-23-17-29(55-2)36(56-3)39-31(23)33-37(57-39)32-27-19-28-34(48-30-11-14-45(43(53)54)40(51)35(50)41(52)46(30,59-28)60-45)38(32)58-42(33)44(12-4-5-13-44)24-8-6-7-21(16-24)15-22-9-10-25(49)18-26(22)27/h6-11,14,16-19,30,33,35,37,40-42,47-52H,4-5,12-13,15,20H2,1-3H3,(H,53,54)/t30-,33+,35+,37+,40+,41-,42+,45+,46-/m1/s1. The molecule has 4 aromatic carbocycles. The summed E-state index contributed by atoms with van der Waals surface area (Å²) in [4.78, 5) is 12.8. The van der Waals surface area contributed by atoms with Crippen molar-refractivity contribution in [3.05, 3.63) is 100 Å². The molecule has 60 heavy (non-hydrogen) atoms. The SMILES string of the molecule is CNCc1cc(OC)c(OC)c2c1[C@H]1[C@@H](O2)c2c3cc4c(c2O[C@@H]1C1(CCCC1)c1cccc(c1)Cc1ccc(O)cc1-3)N[C@@H]1C=C[C@]2(C(=O)O)O[C@@]1(O4)[C@H](O)[C@@H](O)[C@@H]2O. The number of hydrogen-bond donors (Lipinski definition) is 7. The van der Waals surface area contributed by atoms with Gasteiger partial charge in [-0.1, -0.05) is 49.2 Å². The number of methoxy groups -OCH3 is 2. The number of ether oxygens (including phenoxy) is 6. The van der Waals surface area contributed by atoms with Gasteiger partial charge in [-0.3, -0.25) is 0 Å². The summed E-state index contributed by atoms with van der Waals surface area (Å²) in [5, 5.41) is 62.3. The molecule has 6 heterocycles. The number of benzene rings is 4. The minimum atomic E-state index is -2.41. The van der Waals surface area contributed by atoms with Gasteiger partial charge in [0.15, 0.2) is 29.1 Å². The summed E-state index contributed by atoms with van der Waals surface area (Å²) >= 11 is 0. The van der Waals surface area contributed by atoms with Crippen LogP contribution in [0.4, 0.5) is 5.69 Å². The van der Waals surface area contributed by atoms with Crippen molar-refractivity contribution in [2.24, 2.45) is 0 Å². The molecule has 14 heteroatoms. The van der Waals surface area contributed by atoms with E-state index in [2.05, 4.69) is 34.9 Å². The van der Waals surface area contributed by atoms with Gasteiger partial charge >= 0.3 is 5.97 Å². The number of phenols is 1. The van der Waals surface area contributed by atoms with Gasteiger partial charge in [-0.25, -0.2) is 4.79 Å². The molecule has 0 aromatic heterocycles. The lowest BCUT2D eigenvalue weighted by atomic mass is 9.64. The lowest BCUT2D eigenvalue weighted by Gasteiger charge is -2.57. The number of aliphatic hydroxyl groups is 3. The van der Waals surface area contributed by atoms with Crippen molar-refractivity contribution in [1.82, 2.24) is 5.32 Å². The molecule has 0 radical (unpaired) electrons. The predicted octanol–water partition coefficient (Wildman–Crippen LogP) is 4.57. The van der Waals surface area contributed by atoms with Gasteiger partial charge < -0.3 is 64.6 Å². The number of carboxylic acid groups (broad SMARTS) is 1. The maximum Gasteiger partial charge on any atom is 0.343 e. The van der Waals surface area contributed by atoms with Gasteiger partial charge in [0.2, 0.25) is 11.4 Å². The number of aliphatic hydroxyl groups excluding tert-OH is 3. The fraction of sp³-hybridized carbons (Fsp3) is 0.413. The van der Waals surface area contributed by atoms with Crippen LogP contribution in [0.5, 0.6) is 34.5 Å². The van der Waals surface area contributed by atoms with Gasteiger partial charge in [-0.2, -0.15) is 0 Å². The number of phenolic OH excluding ortho intramolecular Hbond substituents is 1. The molecule has 1 saturated heterocycles. The first-order valence-electron chi connectivity index (χ1n) is 20.5. The maximum atomic E-state index is 12.8. The lowest BCUT2D eigenvalue weighted by molar-refractivity contribution is -0.356. The highest BCUT2D eigenvalue weighted by Gasteiger charge is 2.70. The van der Waals surface area contributed by atoms with E-state index in [0.29, 0.717) is 58.3 Å². The number of carboxylic acids is 1. The number of rotatable bonds is 5. The molecule has 6 aliphatic heterocycles. The first-order valence-corrected chi connectivity index (χ1v) is 20.5. The number of aliphatic carboxylic acids is 1. The Bertz CT molecular complexity index is 2520. The molecule has 4 aromatic rings. The average molecular weight is 819 g/mol. The van der Waals surface area contributed by atoms with Crippen LogP contribution in [0.2, 0.25) is 0 Å². The van der Waals surface area contributed by atoms with E-state index >= 15 is 0 Å².